The first-order chi connectivity index (χ1) is 9.33. The summed E-state index contributed by atoms with van der Waals surface area (Å²) in [7, 11) is 0. The number of hydrogen-bond donors (Lipinski definition) is 1. The second kappa shape index (κ2) is 4.48. The summed E-state index contributed by atoms with van der Waals surface area (Å²) in [6, 6.07) is 0.0231. The van der Waals surface area contributed by atoms with Gasteiger partial charge in [-0.05, 0) is 12.8 Å². The minimum Gasteiger partial charge on any atom is -0.379 e. The summed E-state index contributed by atoms with van der Waals surface area (Å²) in [6.07, 6.45) is 2.08. The highest BCUT2D eigenvalue weighted by Gasteiger charge is 2.31. The van der Waals surface area contributed by atoms with Crippen LogP contribution in [-0.4, -0.2) is 45.7 Å². The van der Waals surface area contributed by atoms with Crippen LogP contribution in [0.4, 0.5) is 0 Å². The number of rotatable bonds is 2. The van der Waals surface area contributed by atoms with E-state index in [1.807, 2.05) is 0 Å². The molecule has 0 saturated carbocycles. The summed E-state index contributed by atoms with van der Waals surface area (Å²) >= 11 is 1.54. The van der Waals surface area contributed by atoms with Gasteiger partial charge in [0, 0.05) is 12.6 Å². The van der Waals surface area contributed by atoms with E-state index in [2.05, 4.69) is 15.3 Å². The molecule has 2 aliphatic heterocycles. The molecule has 2 saturated heterocycles. The number of fused-ring (bicyclic) bond motifs is 1. The van der Waals surface area contributed by atoms with Crippen molar-refractivity contribution in [2.75, 3.05) is 19.8 Å². The Kier molecular flexibility index (Phi) is 2.76. The van der Waals surface area contributed by atoms with Crippen molar-refractivity contribution in [2.45, 2.75) is 30.9 Å². The van der Waals surface area contributed by atoms with E-state index in [0.29, 0.717) is 13.2 Å². The molecule has 0 aromatic carbocycles. The molecule has 3 atom stereocenters. The molecular weight excluding hydrogens is 266 g/mol. The number of ether oxygens (including phenoxy) is 2. The zero-order valence-electron chi connectivity index (χ0n) is 10.4. The van der Waals surface area contributed by atoms with Gasteiger partial charge in [0.25, 0.3) is 0 Å². The maximum atomic E-state index is 6.03. The van der Waals surface area contributed by atoms with Gasteiger partial charge < -0.3 is 15.2 Å². The second-order valence-corrected chi connectivity index (χ2v) is 5.99. The first-order valence-corrected chi connectivity index (χ1v) is 7.31. The average Bonchev–Trinajstić information content (AvgIpc) is 3.10. The fourth-order valence-corrected chi connectivity index (χ4v) is 3.61. The van der Waals surface area contributed by atoms with Crippen LogP contribution in [0, 0.1) is 0 Å². The van der Waals surface area contributed by atoms with Gasteiger partial charge in [0.15, 0.2) is 5.82 Å². The zero-order chi connectivity index (χ0) is 12.8. The molecule has 7 nitrogen and oxygen atoms in total. The van der Waals surface area contributed by atoms with Gasteiger partial charge in [-0.15, -0.1) is 10.2 Å². The monoisotopic (exact) mass is 281 g/mol. The van der Waals surface area contributed by atoms with Crippen molar-refractivity contribution in [1.82, 2.24) is 19.8 Å². The molecule has 0 radical (unpaired) electrons. The molecular formula is C11H15N5O2S. The fraction of sp³-hybridized carbons (Fsp3) is 0.727. The van der Waals surface area contributed by atoms with Crippen molar-refractivity contribution in [3.63, 3.8) is 0 Å². The van der Waals surface area contributed by atoms with Crippen LogP contribution in [0.25, 0.3) is 4.96 Å². The Morgan fingerprint density at radius 3 is 3.00 bits per heavy atom. The SMILES string of the molecule is NC1COCC1c1nn2c(C3CCCO3)nnc2s1. The van der Waals surface area contributed by atoms with Gasteiger partial charge in [-0.1, -0.05) is 11.3 Å². The molecule has 3 unspecified atom stereocenters. The normalized spacial score (nSPS) is 31.5. The second-order valence-electron chi connectivity index (χ2n) is 5.00. The molecule has 4 heterocycles. The van der Waals surface area contributed by atoms with E-state index < -0.39 is 0 Å². The molecule has 2 fully saturated rings. The zero-order valence-corrected chi connectivity index (χ0v) is 11.2. The summed E-state index contributed by atoms with van der Waals surface area (Å²) < 4.78 is 12.9. The lowest BCUT2D eigenvalue weighted by Gasteiger charge is -2.08. The summed E-state index contributed by atoms with van der Waals surface area (Å²) in [5.41, 5.74) is 6.03. The van der Waals surface area contributed by atoms with Gasteiger partial charge in [0.2, 0.25) is 4.96 Å². The van der Waals surface area contributed by atoms with Crippen LogP contribution in [0.1, 0.15) is 35.7 Å². The third-order valence-electron chi connectivity index (χ3n) is 3.69. The highest BCUT2D eigenvalue weighted by Crippen LogP contribution is 2.31. The highest BCUT2D eigenvalue weighted by molar-refractivity contribution is 7.16. The maximum absolute atomic E-state index is 6.03. The average molecular weight is 281 g/mol. The lowest BCUT2D eigenvalue weighted by Crippen LogP contribution is -2.26. The molecule has 2 aromatic rings. The summed E-state index contributed by atoms with van der Waals surface area (Å²) in [6.45, 7) is 2.03. The number of nitrogens with zero attached hydrogens (tertiary/aromatic N) is 4. The predicted molar refractivity (Wildman–Crippen MR) is 68.1 cm³/mol. The van der Waals surface area contributed by atoms with Crippen molar-refractivity contribution >= 4 is 16.3 Å². The standard InChI is InChI=1S/C11H15N5O2S/c12-7-5-17-4-6(7)10-15-16-9(8-2-1-3-18-8)13-14-11(16)19-10/h6-8H,1-5,12H2. The molecule has 8 heteroatoms. The first-order valence-electron chi connectivity index (χ1n) is 6.50. The molecule has 19 heavy (non-hydrogen) atoms. The lowest BCUT2D eigenvalue weighted by molar-refractivity contribution is 0.103. The lowest BCUT2D eigenvalue weighted by atomic mass is 10.1. The number of nitrogens with two attached hydrogens (primary N) is 1. The van der Waals surface area contributed by atoms with E-state index in [-0.39, 0.29) is 18.1 Å². The number of hydrogen-bond acceptors (Lipinski definition) is 7. The predicted octanol–water partition coefficient (Wildman–Crippen LogP) is 0.478. The minimum absolute atomic E-state index is 0.0231. The molecule has 0 spiro atoms. The highest BCUT2D eigenvalue weighted by atomic mass is 32.1. The Balaban J connectivity index is 1.71. The van der Waals surface area contributed by atoms with Crippen molar-refractivity contribution in [3.8, 4) is 0 Å². The van der Waals surface area contributed by atoms with Crippen LogP contribution in [0.15, 0.2) is 0 Å². The van der Waals surface area contributed by atoms with Gasteiger partial charge in [-0.2, -0.15) is 9.61 Å². The van der Waals surface area contributed by atoms with Crippen molar-refractivity contribution < 1.29 is 9.47 Å². The molecule has 2 aliphatic rings. The summed E-state index contributed by atoms with van der Waals surface area (Å²) in [5, 5.41) is 14.0. The molecule has 4 rings (SSSR count). The van der Waals surface area contributed by atoms with Gasteiger partial charge in [0.1, 0.15) is 11.1 Å². The largest absolute Gasteiger partial charge is 0.379 e. The van der Waals surface area contributed by atoms with Gasteiger partial charge >= 0.3 is 0 Å². The Morgan fingerprint density at radius 2 is 2.26 bits per heavy atom. The quantitative estimate of drug-likeness (QED) is 0.861. The fourth-order valence-electron chi connectivity index (χ4n) is 2.60. The Morgan fingerprint density at radius 1 is 1.32 bits per heavy atom. The van der Waals surface area contributed by atoms with Gasteiger partial charge in [-0.3, -0.25) is 0 Å². The summed E-state index contributed by atoms with van der Waals surface area (Å²) in [5.74, 6) is 0.978. The third kappa shape index (κ3) is 1.86. The molecule has 0 aliphatic carbocycles. The Labute approximate surface area is 113 Å². The van der Waals surface area contributed by atoms with Crippen LogP contribution >= 0.6 is 11.3 Å². The van der Waals surface area contributed by atoms with E-state index in [1.165, 1.54) is 0 Å². The summed E-state index contributed by atoms with van der Waals surface area (Å²) in [4.78, 5) is 0.805. The van der Waals surface area contributed by atoms with Crippen molar-refractivity contribution in [2.24, 2.45) is 5.73 Å². The topological polar surface area (TPSA) is 87.6 Å². The van der Waals surface area contributed by atoms with Gasteiger partial charge in [0.05, 0.1) is 19.1 Å². The molecule has 2 N–H and O–H groups in total. The van der Waals surface area contributed by atoms with E-state index >= 15 is 0 Å². The van der Waals surface area contributed by atoms with Gasteiger partial charge in [-0.25, -0.2) is 0 Å². The minimum atomic E-state index is 0.0231. The van der Waals surface area contributed by atoms with Crippen LogP contribution < -0.4 is 5.73 Å². The van der Waals surface area contributed by atoms with Crippen molar-refractivity contribution in [3.05, 3.63) is 10.8 Å². The van der Waals surface area contributed by atoms with Crippen LogP contribution in [0.3, 0.4) is 0 Å². The molecule has 102 valence electrons. The van der Waals surface area contributed by atoms with E-state index in [1.54, 1.807) is 15.9 Å². The third-order valence-corrected chi connectivity index (χ3v) is 4.72. The smallest absolute Gasteiger partial charge is 0.234 e. The van der Waals surface area contributed by atoms with Crippen LogP contribution in [0.2, 0.25) is 0 Å². The molecule has 2 aromatic heterocycles. The Bertz CT molecular complexity index is 591. The first kappa shape index (κ1) is 11.7. The van der Waals surface area contributed by atoms with Crippen LogP contribution in [0.5, 0.6) is 0 Å². The maximum Gasteiger partial charge on any atom is 0.234 e. The van der Waals surface area contributed by atoms with E-state index in [9.17, 15) is 0 Å². The molecule has 0 bridgehead atoms. The van der Waals surface area contributed by atoms with E-state index in [4.69, 9.17) is 15.2 Å². The molecule has 0 amide bonds. The Hall–Kier alpha value is -1.09. The van der Waals surface area contributed by atoms with E-state index in [0.717, 1.165) is 35.2 Å². The number of aromatic nitrogens is 4. The van der Waals surface area contributed by atoms with Crippen molar-refractivity contribution in [1.29, 1.82) is 0 Å². The van der Waals surface area contributed by atoms with Crippen LogP contribution in [-0.2, 0) is 9.47 Å².